The van der Waals surface area contributed by atoms with E-state index in [4.69, 9.17) is 9.47 Å². The Morgan fingerprint density at radius 1 is 0.759 bits per heavy atom. The van der Waals surface area contributed by atoms with Crippen LogP contribution in [0.5, 0.6) is 11.5 Å². The van der Waals surface area contributed by atoms with E-state index >= 15 is 0 Å². The van der Waals surface area contributed by atoms with Crippen LogP contribution >= 0.6 is 0 Å². The Morgan fingerprint density at radius 2 is 1.28 bits per heavy atom. The zero-order chi connectivity index (χ0) is 20.9. The highest BCUT2D eigenvalue weighted by atomic mass is 32.2. The molecule has 0 aromatic heterocycles. The Kier molecular flexibility index (Phi) is 6.39. The van der Waals surface area contributed by atoms with Gasteiger partial charge in [-0.2, -0.15) is 0 Å². The molecule has 5 heteroatoms. The van der Waals surface area contributed by atoms with E-state index in [-0.39, 0.29) is 0 Å². The molecule has 0 spiro atoms. The first-order chi connectivity index (χ1) is 13.9. The summed E-state index contributed by atoms with van der Waals surface area (Å²) in [4.78, 5) is 0.295. The van der Waals surface area contributed by atoms with Crippen LogP contribution in [0.15, 0.2) is 83.8 Å². The van der Waals surface area contributed by atoms with Crippen molar-refractivity contribution in [2.45, 2.75) is 17.1 Å². The number of sulfone groups is 1. The molecule has 0 N–H and O–H groups in total. The standard InChI is InChI=1S/C24H24O4S/c1-18-4-15-23(16-5-18)29(25,26)24(20-9-13-22(28-3)14-10-20)17-8-19-6-11-21(27-2)12-7-19/h4-17,24H,1-3H3/b17-8+. The molecule has 0 heterocycles. The zero-order valence-electron chi connectivity index (χ0n) is 16.7. The maximum absolute atomic E-state index is 13.4. The molecule has 0 amide bonds. The summed E-state index contributed by atoms with van der Waals surface area (Å²) in [6.07, 6.45) is 3.54. The summed E-state index contributed by atoms with van der Waals surface area (Å²) in [6, 6.07) is 21.5. The van der Waals surface area contributed by atoms with Crippen LogP contribution in [0.2, 0.25) is 0 Å². The fraction of sp³-hybridized carbons (Fsp3) is 0.167. The number of aryl methyl sites for hydroxylation is 1. The Bertz CT molecular complexity index is 1070. The average molecular weight is 409 g/mol. The van der Waals surface area contributed by atoms with Gasteiger partial charge in [-0.1, -0.05) is 54.1 Å². The predicted octanol–water partition coefficient (Wildman–Crippen LogP) is 5.24. The van der Waals surface area contributed by atoms with Gasteiger partial charge in [-0.15, -0.1) is 0 Å². The van der Waals surface area contributed by atoms with Crippen LogP contribution in [0.4, 0.5) is 0 Å². The van der Waals surface area contributed by atoms with Crippen molar-refractivity contribution in [3.63, 3.8) is 0 Å². The normalized spacial score (nSPS) is 12.7. The van der Waals surface area contributed by atoms with Crippen molar-refractivity contribution in [2.24, 2.45) is 0 Å². The van der Waals surface area contributed by atoms with Crippen LogP contribution in [0.1, 0.15) is 21.9 Å². The number of methoxy groups -OCH3 is 2. The monoisotopic (exact) mass is 408 g/mol. The van der Waals surface area contributed by atoms with Gasteiger partial charge in [0.15, 0.2) is 9.84 Å². The Labute approximate surface area is 172 Å². The van der Waals surface area contributed by atoms with Gasteiger partial charge in [0.1, 0.15) is 16.7 Å². The second kappa shape index (κ2) is 8.97. The minimum atomic E-state index is -3.63. The van der Waals surface area contributed by atoms with Crippen LogP contribution in [-0.2, 0) is 9.84 Å². The minimum Gasteiger partial charge on any atom is -0.497 e. The van der Waals surface area contributed by atoms with Gasteiger partial charge in [0.05, 0.1) is 19.1 Å². The van der Waals surface area contributed by atoms with E-state index in [9.17, 15) is 8.42 Å². The van der Waals surface area contributed by atoms with E-state index in [2.05, 4.69) is 0 Å². The quantitative estimate of drug-likeness (QED) is 0.536. The lowest BCUT2D eigenvalue weighted by Gasteiger charge is -2.16. The molecule has 0 aliphatic carbocycles. The second-order valence-corrected chi connectivity index (χ2v) is 8.75. The first kappa shape index (κ1) is 20.7. The molecule has 3 rings (SSSR count). The highest BCUT2D eigenvalue weighted by Gasteiger charge is 2.27. The maximum atomic E-state index is 13.4. The Hall–Kier alpha value is -3.05. The number of rotatable bonds is 7. The second-order valence-electron chi connectivity index (χ2n) is 6.68. The maximum Gasteiger partial charge on any atom is 0.188 e. The van der Waals surface area contributed by atoms with E-state index in [0.29, 0.717) is 16.2 Å². The fourth-order valence-corrected chi connectivity index (χ4v) is 4.58. The molecule has 150 valence electrons. The molecule has 0 fully saturated rings. The van der Waals surface area contributed by atoms with Gasteiger partial charge in [-0.25, -0.2) is 8.42 Å². The van der Waals surface area contributed by atoms with E-state index in [1.165, 1.54) is 0 Å². The number of hydrogen-bond acceptors (Lipinski definition) is 4. The summed E-state index contributed by atoms with van der Waals surface area (Å²) in [6.45, 7) is 1.93. The third-order valence-electron chi connectivity index (χ3n) is 4.71. The van der Waals surface area contributed by atoms with Gasteiger partial charge >= 0.3 is 0 Å². The first-order valence-corrected chi connectivity index (χ1v) is 10.8. The van der Waals surface area contributed by atoms with Crippen molar-refractivity contribution >= 4 is 15.9 Å². The lowest BCUT2D eigenvalue weighted by atomic mass is 10.1. The van der Waals surface area contributed by atoms with Crippen LogP contribution in [0, 0.1) is 6.92 Å². The topological polar surface area (TPSA) is 52.6 Å². The molecule has 0 aliphatic heterocycles. The van der Waals surface area contributed by atoms with Crippen molar-refractivity contribution in [3.8, 4) is 11.5 Å². The van der Waals surface area contributed by atoms with Crippen LogP contribution < -0.4 is 9.47 Å². The van der Waals surface area contributed by atoms with Crippen LogP contribution in [-0.4, -0.2) is 22.6 Å². The minimum absolute atomic E-state index is 0.295. The molecule has 0 saturated heterocycles. The molecule has 4 nitrogen and oxygen atoms in total. The van der Waals surface area contributed by atoms with Crippen molar-refractivity contribution < 1.29 is 17.9 Å². The molecule has 3 aromatic carbocycles. The largest absolute Gasteiger partial charge is 0.497 e. The van der Waals surface area contributed by atoms with E-state index in [1.54, 1.807) is 56.7 Å². The van der Waals surface area contributed by atoms with Crippen molar-refractivity contribution in [3.05, 3.63) is 95.6 Å². The van der Waals surface area contributed by atoms with E-state index in [1.807, 2.05) is 49.4 Å². The van der Waals surface area contributed by atoms with Crippen LogP contribution in [0.25, 0.3) is 6.08 Å². The van der Waals surface area contributed by atoms with Gasteiger partial charge in [0.2, 0.25) is 0 Å². The molecular weight excluding hydrogens is 384 g/mol. The molecule has 0 bridgehead atoms. The number of ether oxygens (including phenoxy) is 2. The van der Waals surface area contributed by atoms with Gasteiger partial charge in [-0.3, -0.25) is 0 Å². The lowest BCUT2D eigenvalue weighted by Crippen LogP contribution is -2.12. The summed E-state index contributed by atoms with van der Waals surface area (Å²) in [5.74, 6) is 1.43. The van der Waals surface area contributed by atoms with Crippen molar-refractivity contribution in [2.75, 3.05) is 14.2 Å². The third-order valence-corrected chi connectivity index (χ3v) is 6.73. The molecule has 0 saturated carbocycles. The van der Waals surface area contributed by atoms with E-state index in [0.717, 1.165) is 16.9 Å². The molecule has 1 unspecified atom stereocenters. The number of benzene rings is 3. The number of hydrogen-bond donors (Lipinski definition) is 0. The lowest BCUT2D eigenvalue weighted by molar-refractivity contribution is 0.414. The molecule has 29 heavy (non-hydrogen) atoms. The predicted molar refractivity (Wildman–Crippen MR) is 116 cm³/mol. The highest BCUT2D eigenvalue weighted by molar-refractivity contribution is 7.91. The van der Waals surface area contributed by atoms with Gasteiger partial charge in [0, 0.05) is 0 Å². The molecule has 0 radical (unpaired) electrons. The third kappa shape index (κ3) is 4.87. The van der Waals surface area contributed by atoms with Gasteiger partial charge in [0.25, 0.3) is 0 Å². The summed E-state index contributed by atoms with van der Waals surface area (Å²) in [5.41, 5.74) is 2.58. The Morgan fingerprint density at radius 3 is 1.79 bits per heavy atom. The zero-order valence-corrected chi connectivity index (χ0v) is 17.5. The van der Waals surface area contributed by atoms with Gasteiger partial charge in [-0.05, 0) is 54.4 Å². The Balaban J connectivity index is 2.02. The smallest absolute Gasteiger partial charge is 0.188 e. The fourth-order valence-electron chi connectivity index (χ4n) is 2.98. The van der Waals surface area contributed by atoms with Crippen LogP contribution in [0.3, 0.4) is 0 Å². The molecular formula is C24H24O4S. The summed E-state index contributed by atoms with van der Waals surface area (Å²) >= 11 is 0. The van der Waals surface area contributed by atoms with E-state index < -0.39 is 15.1 Å². The molecule has 0 aliphatic rings. The average Bonchev–Trinajstić information content (AvgIpc) is 2.75. The summed E-state index contributed by atoms with van der Waals surface area (Å²) < 4.78 is 37.2. The summed E-state index contributed by atoms with van der Waals surface area (Å²) in [5, 5.41) is -0.821. The molecule has 3 aromatic rings. The van der Waals surface area contributed by atoms with Gasteiger partial charge < -0.3 is 9.47 Å². The van der Waals surface area contributed by atoms with Crippen molar-refractivity contribution in [1.29, 1.82) is 0 Å². The first-order valence-electron chi connectivity index (χ1n) is 9.21. The summed E-state index contributed by atoms with van der Waals surface area (Å²) in [7, 11) is -0.433. The molecule has 1 atom stereocenters. The SMILES string of the molecule is COc1ccc(/C=C/C(c2ccc(OC)cc2)S(=O)(=O)c2ccc(C)cc2)cc1. The van der Waals surface area contributed by atoms with Crippen molar-refractivity contribution in [1.82, 2.24) is 0 Å². The highest BCUT2D eigenvalue weighted by Crippen LogP contribution is 2.32.